The molecule has 2 aromatic rings. The molecule has 2 unspecified atom stereocenters. The van der Waals surface area contributed by atoms with Gasteiger partial charge in [0.05, 0.1) is 0 Å². The molecule has 0 saturated carbocycles. The molecule has 0 aromatic heterocycles. The van der Waals surface area contributed by atoms with Crippen LogP contribution >= 0.6 is 0 Å². The first kappa shape index (κ1) is 17.6. The Hall–Kier alpha value is -1.20. The fraction of sp³-hybridized carbons (Fsp3) is 0.261. The number of allylic oxidation sites excluding steroid dienone is 2. The van der Waals surface area contributed by atoms with Crippen molar-refractivity contribution in [2.45, 2.75) is 37.5 Å². The smallest absolute Gasteiger partial charge is 0.000297 e. The quantitative estimate of drug-likeness (QED) is 0.397. The van der Waals surface area contributed by atoms with E-state index in [9.17, 15) is 0 Å². The Labute approximate surface area is 164 Å². The van der Waals surface area contributed by atoms with E-state index in [4.69, 9.17) is 0 Å². The largest absolute Gasteiger partial charge is 0.328 e. The van der Waals surface area contributed by atoms with Crippen LogP contribution in [-0.2, 0) is 26.2 Å². The molecule has 120 valence electrons. The maximum atomic E-state index is 2.49. The molecule has 0 heterocycles. The number of benzene rings is 2. The minimum atomic E-state index is 0. The van der Waals surface area contributed by atoms with Gasteiger partial charge in [0, 0.05) is 38.0 Å². The predicted molar refractivity (Wildman–Crippen MR) is 99.2 cm³/mol. The fourth-order valence-electron chi connectivity index (χ4n) is 3.89. The summed E-state index contributed by atoms with van der Waals surface area (Å²) < 4.78 is 0. The summed E-state index contributed by atoms with van der Waals surface area (Å²) in [6, 6.07) is 17.6. The summed E-state index contributed by atoms with van der Waals surface area (Å²) in [5.41, 5.74) is 5.83. The van der Waals surface area contributed by atoms with Gasteiger partial charge >= 0.3 is 0 Å². The van der Waals surface area contributed by atoms with Gasteiger partial charge in [0.25, 0.3) is 0 Å². The molecule has 2 aromatic carbocycles. The molecule has 0 nitrogen and oxygen atoms in total. The second-order valence-electron chi connectivity index (χ2n) is 6.63. The van der Waals surface area contributed by atoms with Crippen molar-refractivity contribution in [3.63, 3.8) is 0 Å². The number of rotatable bonds is 6. The first-order valence-electron chi connectivity index (χ1n) is 8.78. The zero-order valence-electron chi connectivity index (χ0n) is 14.0. The molecule has 0 N–H and O–H groups in total. The van der Waals surface area contributed by atoms with E-state index < -0.39 is 0 Å². The molecule has 2 atom stereocenters. The van der Waals surface area contributed by atoms with Crippen molar-refractivity contribution in [1.82, 2.24) is 0 Å². The Morgan fingerprint density at radius 2 is 1.12 bits per heavy atom. The van der Waals surface area contributed by atoms with E-state index in [1.807, 2.05) is 0 Å². The maximum Gasteiger partial charge on any atom is 0.000297 e. The summed E-state index contributed by atoms with van der Waals surface area (Å²) in [5.74, 6) is 1.24. The van der Waals surface area contributed by atoms with Crippen molar-refractivity contribution in [3.05, 3.63) is 89.4 Å². The first-order chi connectivity index (χ1) is 11.4. The van der Waals surface area contributed by atoms with Crippen LogP contribution < -0.4 is 0 Å². The van der Waals surface area contributed by atoms with Gasteiger partial charge in [-0.2, -0.15) is 12.8 Å². The maximum absolute atomic E-state index is 2.49. The molecule has 0 saturated heterocycles. The third-order valence-corrected chi connectivity index (χ3v) is 5.17. The Morgan fingerprint density at radius 3 is 1.62 bits per heavy atom. The monoisotopic (exact) mass is 389 g/mol. The minimum Gasteiger partial charge on any atom is -0.328 e. The van der Waals surface area contributed by atoms with E-state index in [0.717, 1.165) is 0 Å². The third-order valence-electron chi connectivity index (χ3n) is 5.17. The van der Waals surface area contributed by atoms with Gasteiger partial charge in [-0.1, -0.05) is 85.7 Å². The second kappa shape index (κ2) is 8.26. The predicted octanol–water partition coefficient (Wildman–Crippen LogP) is 6.37. The van der Waals surface area contributed by atoms with Crippen LogP contribution in [0.15, 0.2) is 60.7 Å². The molecule has 2 aliphatic carbocycles. The van der Waals surface area contributed by atoms with Gasteiger partial charge in [-0.15, -0.1) is 0 Å². The van der Waals surface area contributed by atoms with Crippen LogP contribution in [0.1, 0.15) is 59.8 Å². The van der Waals surface area contributed by atoms with E-state index in [1.54, 1.807) is 0 Å². The van der Waals surface area contributed by atoms with Crippen LogP contribution in [0.4, 0.5) is 0 Å². The Kier molecular flexibility index (Phi) is 6.06. The topological polar surface area (TPSA) is 0 Å². The molecule has 0 fully saturated rings. The summed E-state index contributed by atoms with van der Waals surface area (Å²) in [7, 11) is 0. The normalized spacial score (nSPS) is 19.8. The van der Waals surface area contributed by atoms with Gasteiger partial charge in [-0.05, 0) is 22.3 Å². The molecular formula is C23H23Zr-. The molecule has 0 radical (unpaired) electrons. The average molecular weight is 391 g/mol. The molecule has 0 spiro atoms. The zero-order chi connectivity index (χ0) is 15.5. The summed E-state index contributed by atoms with van der Waals surface area (Å²) >= 11 is 0. The van der Waals surface area contributed by atoms with Gasteiger partial charge in [-0.3, -0.25) is 0 Å². The summed E-state index contributed by atoms with van der Waals surface area (Å²) in [6.07, 6.45) is 16.7. The van der Waals surface area contributed by atoms with Crippen molar-refractivity contribution < 1.29 is 26.2 Å². The molecule has 24 heavy (non-hydrogen) atoms. The molecule has 0 aliphatic heterocycles. The van der Waals surface area contributed by atoms with Gasteiger partial charge in [0.2, 0.25) is 0 Å². The van der Waals surface area contributed by atoms with Crippen LogP contribution in [0.25, 0.3) is 12.2 Å². The SMILES string of the molecule is C1=CC(CC[CH-]CCC2C=Cc3ccccc32)c2ccccc21.[Zr]. The average Bonchev–Trinajstić information content (AvgIpc) is 3.19. The molecule has 0 amide bonds. The summed E-state index contributed by atoms with van der Waals surface area (Å²) in [6.45, 7) is 0. The van der Waals surface area contributed by atoms with Crippen molar-refractivity contribution in [2.24, 2.45) is 0 Å². The number of hydrogen-bond donors (Lipinski definition) is 0. The van der Waals surface area contributed by atoms with Crippen molar-refractivity contribution in [3.8, 4) is 0 Å². The third kappa shape index (κ3) is 3.72. The van der Waals surface area contributed by atoms with Gasteiger partial charge in [-0.25, -0.2) is 0 Å². The van der Waals surface area contributed by atoms with E-state index in [0.29, 0.717) is 11.8 Å². The van der Waals surface area contributed by atoms with Gasteiger partial charge in [0.1, 0.15) is 0 Å². The van der Waals surface area contributed by atoms with Crippen LogP contribution in [0, 0.1) is 6.42 Å². The zero-order valence-corrected chi connectivity index (χ0v) is 16.4. The molecule has 1 heteroatoms. The van der Waals surface area contributed by atoms with Crippen LogP contribution in [-0.4, -0.2) is 0 Å². The van der Waals surface area contributed by atoms with E-state index in [2.05, 4.69) is 79.3 Å². The van der Waals surface area contributed by atoms with Crippen molar-refractivity contribution >= 4 is 12.2 Å². The van der Waals surface area contributed by atoms with Gasteiger partial charge in [0.15, 0.2) is 0 Å². The number of hydrogen-bond acceptors (Lipinski definition) is 0. The van der Waals surface area contributed by atoms with E-state index >= 15 is 0 Å². The molecular weight excluding hydrogens is 367 g/mol. The summed E-state index contributed by atoms with van der Waals surface area (Å²) in [4.78, 5) is 0. The number of fused-ring (bicyclic) bond motifs is 2. The Morgan fingerprint density at radius 1 is 0.667 bits per heavy atom. The molecule has 4 rings (SSSR count). The van der Waals surface area contributed by atoms with Crippen LogP contribution in [0.3, 0.4) is 0 Å². The van der Waals surface area contributed by atoms with Crippen LogP contribution in [0.2, 0.25) is 0 Å². The summed E-state index contributed by atoms with van der Waals surface area (Å²) in [5, 5.41) is 0. The fourth-order valence-corrected chi connectivity index (χ4v) is 3.89. The standard InChI is InChI=1S/C23H23.Zr/c1(2-8-18-14-16-20-10-4-6-12-22(18)20)3-9-19-15-17-21-11-5-7-13-23(19)21;/h1,4-7,10-19H,2-3,8-9H2;/q-1;. The van der Waals surface area contributed by atoms with Crippen molar-refractivity contribution in [2.75, 3.05) is 0 Å². The second-order valence-corrected chi connectivity index (χ2v) is 6.63. The van der Waals surface area contributed by atoms with Crippen molar-refractivity contribution in [1.29, 1.82) is 0 Å². The number of unbranched alkanes of at least 4 members (excludes halogenated alkanes) is 2. The molecule has 2 aliphatic rings. The first-order valence-corrected chi connectivity index (χ1v) is 8.78. The van der Waals surface area contributed by atoms with E-state index in [-0.39, 0.29) is 26.2 Å². The van der Waals surface area contributed by atoms with Crippen LogP contribution in [0.5, 0.6) is 0 Å². The van der Waals surface area contributed by atoms with E-state index in [1.165, 1.54) is 47.9 Å². The Bertz CT molecular complexity index is 678. The molecule has 0 bridgehead atoms. The Balaban J connectivity index is 0.00000169. The van der Waals surface area contributed by atoms with Gasteiger partial charge < -0.3 is 6.42 Å². The minimum absolute atomic E-state index is 0.